The zero-order chi connectivity index (χ0) is 21.0. The van der Waals surface area contributed by atoms with Gasteiger partial charge in [-0.15, -0.1) is 0 Å². The number of amides is 2. The first kappa shape index (κ1) is 19.9. The van der Waals surface area contributed by atoms with Crippen molar-refractivity contribution in [3.8, 4) is 17.3 Å². The van der Waals surface area contributed by atoms with Crippen LogP contribution in [0, 0.1) is 0 Å². The monoisotopic (exact) mass is 395 g/mol. The van der Waals surface area contributed by atoms with Crippen molar-refractivity contribution >= 4 is 17.5 Å². The summed E-state index contributed by atoms with van der Waals surface area (Å²) in [6.45, 7) is 0. The van der Waals surface area contributed by atoms with Gasteiger partial charge in [0.05, 0.1) is 31.0 Å². The van der Waals surface area contributed by atoms with Crippen LogP contribution < -0.4 is 14.8 Å². The lowest BCUT2D eigenvalue weighted by molar-refractivity contribution is 0.0828. The second-order valence-electron chi connectivity index (χ2n) is 6.28. The molecule has 2 aromatic heterocycles. The third kappa shape index (κ3) is 4.18. The maximum atomic E-state index is 12.7. The number of anilines is 1. The number of hydrogen-bond donors (Lipinski definition) is 1. The fourth-order valence-corrected chi connectivity index (χ4v) is 2.66. The number of carbonyl (C=O) groups is 2. The van der Waals surface area contributed by atoms with Crippen LogP contribution in [0.3, 0.4) is 0 Å². The molecule has 0 unspecified atom stereocenters. The molecule has 1 N–H and O–H groups in total. The quantitative estimate of drug-likeness (QED) is 0.687. The molecule has 9 heteroatoms. The summed E-state index contributed by atoms with van der Waals surface area (Å²) in [4.78, 5) is 35.0. The third-order valence-electron chi connectivity index (χ3n) is 4.19. The van der Waals surface area contributed by atoms with Crippen LogP contribution in [0.2, 0.25) is 0 Å². The Morgan fingerprint density at radius 3 is 2.38 bits per heavy atom. The van der Waals surface area contributed by atoms with E-state index in [1.165, 1.54) is 31.4 Å². The molecule has 3 rings (SSSR count). The van der Waals surface area contributed by atoms with Crippen molar-refractivity contribution in [2.45, 2.75) is 0 Å². The Kier molecular flexibility index (Phi) is 5.77. The molecule has 0 spiro atoms. The molecule has 0 aliphatic carbocycles. The van der Waals surface area contributed by atoms with Crippen LogP contribution in [-0.2, 0) is 0 Å². The van der Waals surface area contributed by atoms with Gasteiger partial charge >= 0.3 is 0 Å². The summed E-state index contributed by atoms with van der Waals surface area (Å²) in [6, 6.07) is 6.45. The van der Waals surface area contributed by atoms with E-state index in [9.17, 15) is 9.59 Å². The number of benzene rings is 1. The highest BCUT2D eigenvalue weighted by Crippen LogP contribution is 2.34. The molecule has 0 bridgehead atoms. The first-order valence-electron chi connectivity index (χ1n) is 8.68. The molecule has 1 aromatic carbocycles. The minimum Gasteiger partial charge on any atom is -0.493 e. The molecular formula is C20H21N5O4. The van der Waals surface area contributed by atoms with Crippen molar-refractivity contribution in [3.63, 3.8) is 0 Å². The number of carbonyl (C=O) groups excluding carboxylic acids is 2. The number of pyridine rings is 1. The summed E-state index contributed by atoms with van der Waals surface area (Å²) < 4.78 is 12.3. The van der Waals surface area contributed by atoms with E-state index in [1.54, 1.807) is 55.6 Å². The summed E-state index contributed by atoms with van der Waals surface area (Å²) in [5.74, 6) is 0.729. The molecule has 2 amide bonds. The Hall–Kier alpha value is -3.88. The summed E-state index contributed by atoms with van der Waals surface area (Å²) in [5, 5.41) is 2.76. The Labute approximate surface area is 167 Å². The largest absolute Gasteiger partial charge is 0.493 e. The van der Waals surface area contributed by atoms with E-state index in [4.69, 9.17) is 9.47 Å². The lowest BCUT2D eigenvalue weighted by Crippen LogP contribution is -2.24. The Bertz CT molecular complexity index is 1010. The molecule has 0 saturated carbocycles. The van der Waals surface area contributed by atoms with Crippen LogP contribution in [0.15, 0.2) is 49.2 Å². The highest BCUT2D eigenvalue weighted by Gasteiger charge is 2.20. The van der Waals surface area contributed by atoms with Gasteiger partial charge in [0.1, 0.15) is 12.1 Å². The molecule has 9 nitrogen and oxygen atoms in total. The third-order valence-corrected chi connectivity index (χ3v) is 4.19. The molecule has 0 radical (unpaired) electrons. The normalized spacial score (nSPS) is 10.3. The van der Waals surface area contributed by atoms with Gasteiger partial charge in [-0.05, 0) is 18.2 Å². The molecule has 150 valence electrons. The van der Waals surface area contributed by atoms with Crippen LogP contribution in [0.5, 0.6) is 11.5 Å². The van der Waals surface area contributed by atoms with Gasteiger partial charge in [0.15, 0.2) is 11.5 Å². The first-order chi connectivity index (χ1) is 13.9. The molecule has 0 saturated heterocycles. The maximum Gasteiger partial charge on any atom is 0.257 e. The molecule has 29 heavy (non-hydrogen) atoms. The fraction of sp³-hybridized carbons (Fsp3) is 0.200. The number of hydrogen-bond acceptors (Lipinski definition) is 6. The summed E-state index contributed by atoms with van der Waals surface area (Å²) >= 11 is 0. The maximum absolute atomic E-state index is 12.7. The minimum absolute atomic E-state index is 0.281. The second kappa shape index (κ2) is 8.42. The van der Waals surface area contributed by atoms with Crippen LogP contribution in [0.25, 0.3) is 5.82 Å². The fourth-order valence-electron chi connectivity index (χ4n) is 2.66. The van der Waals surface area contributed by atoms with Crippen LogP contribution in [0.4, 0.5) is 5.69 Å². The highest BCUT2D eigenvalue weighted by molar-refractivity contribution is 6.09. The van der Waals surface area contributed by atoms with Crippen molar-refractivity contribution in [1.82, 2.24) is 19.4 Å². The lowest BCUT2D eigenvalue weighted by atomic mass is 10.1. The van der Waals surface area contributed by atoms with Gasteiger partial charge in [0.25, 0.3) is 11.8 Å². The molecule has 3 aromatic rings. The minimum atomic E-state index is -0.408. The molecular weight excluding hydrogens is 374 g/mol. The smallest absolute Gasteiger partial charge is 0.257 e. The van der Waals surface area contributed by atoms with Gasteiger partial charge in [-0.25, -0.2) is 9.97 Å². The van der Waals surface area contributed by atoms with Crippen molar-refractivity contribution in [3.05, 3.63) is 60.3 Å². The van der Waals surface area contributed by atoms with Gasteiger partial charge in [-0.1, -0.05) is 0 Å². The van der Waals surface area contributed by atoms with Crippen molar-refractivity contribution in [1.29, 1.82) is 0 Å². The summed E-state index contributed by atoms with van der Waals surface area (Å²) in [6.07, 6.45) is 6.47. The standard InChI is InChI=1S/C20H21N5O4/c1-24(2)20(27)14-9-16(28-3)17(29-4)10-15(14)23-19(26)13-5-6-18(22-11-13)25-8-7-21-12-25/h5-12H,1-4H3,(H,23,26). The van der Waals surface area contributed by atoms with Crippen LogP contribution in [0.1, 0.15) is 20.7 Å². The number of imidazole rings is 1. The van der Waals surface area contributed by atoms with Crippen LogP contribution in [-0.4, -0.2) is 59.6 Å². The zero-order valence-electron chi connectivity index (χ0n) is 16.5. The van der Waals surface area contributed by atoms with E-state index in [0.717, 1.165) is 0 Å². The number of ether oxygens (including phenoxy) is 2. The first-order valence-corrected chi connectivity index (χ1v) is 8.68. The molecule has 0 atom stereocenters. The van der Waals surface area contributed by atoms with E-state index < -0.39 is 5.91 Å². The van der Waals surface area contributed by atoms with Crippen molar-refractivity contribution < 1.29 is 19.1 Å². The van der Waals surface area contributed by atoms with Gasteiger partial charge in [-0.3, -0.25) is 14.2 Å². The number of aromatic nitrogens is 3. The van der Waals surface area contributed by atoms with Gasteiger partial charge < -0.3 is 19.7 Å². The highest BCUT2D eigenvalue weighted by atomic mass is 16.5. The number of nitrogens with one attached hydrogen (secondary N) is 1. The molecule has 0 fully saturated rings. The number of methoxy groups -OCH3 is 2. The van der Waals surface area contributed by atoms with Crippen molar-refractivity contribution in [2.24, 2.45) is 0 Å². The zero-order valence-corrected chi connectivity index (χ0v) is 16.5. The Morgan fingerprint density at radius 2 is 1.83 bits per heavy atom. The van der Waals surface area contributed by atoms with E-state index in [-0.39, 0.29) is 11.5 Å². The van der Waals surface area contributed by atoms with E-state index in [1.807, 2.05) is 0 Å². The van der Waals surface area contributed by atoms with Crippen LogP contribution >= 0.6 is 0 Å². The molecule has 0 aliphatic heterocycles. The van der Waals surface area contributed by atoms with E-state index >= 15 is 0 Å². The predicted molar refractivity (Wildman–Crippen MR) is 107 cm³/mol. The van der Waals surface area contributed by atoms with E-state index in [0.29, 0.717) is 28.6 Å². The summed E-state index contributed by atoms with van der Waals surface area (Å²) in [7, 11) is 6.22. The lowest BCUT2D eigenvalue weighted by Gasteiger charge is -2.18. The van der Waals surface area contributed by atoms with Gasteiger partial charge in [-0.2, -0.15) is 0 Å². The van der Waals surface area contributed by atoms with Gasteiger partial charge in [0, 0.05) is 38.8 Å². The second-order valence-corrected chi connectivity index (χ2v) is 6.28. The van der Waals surface area contributed by atoms with Gasteiger partial charge in [0.2, 0.25) is 0 Å². The molecule has 2 heterocycles. The molecule has 0 aliphatic rings. The topological polar surface area (TPSA) is 98.6 Å². The summed E-state index contributed by atoms with van der Waals surface area (Å²) in [5.41, 5.74) is 0.931. The average Bonchev–Trinajstić information content (AvgIpc) is 3.27. The number of nitrogens with zero attached hydrogens (tertiary/aromatic N) is 4. The SMILES string of the molecule is COc1cc(NC(=O)c2ccc(-n3ccnc3)nc2)c(C(=O)N(C)C)cc1OC. The Balaban J connectivity index is 1.91. The Morgan fingerprint density at radius 1 is 1.10 bits per heavy atom. The predicted octanol–water partition coefficient (Wildman–Crippen LogP) is 2.24. The van der Waals surface area contributed by atoms with E-state index in [2.05, 4.69) is 15.3 Å². The van der Waals surface area contributed by atoms with Crippen molar-refractivity contribution in [2.75, 3.05) is 33.6 Å². The average molecular weight is 395 g/mol. The number of rotatable bonds is 6.